The maximum Gasteiger partial charge on any atom is 0.323 e. The molecule has 4 aromatic rings. The van der Waals surface area contributed by atoms with Crippen molar-refractivity contribution >= 4 is 57.5 Å². The molecule has 2 aromatic carbocycles. The largest absolute Gasteiger partial charge is 0.464 e. The van der Waals surface area contributed by atoms with E-state index in [1.165, 1.54) is 5.01 Å². The molecule has 2 fully saturated rings. The van der Waals surface area contributed by atoms with Crippen molar-refractivity contribution < 1.29 is 33.4 Å². The lowest BCUT2D eigenvalue weighted by Crippen LogP contribution is -2.67. The van der Waals surface area contributed by atoms with Gasteiger partial charge in [0.1, 0.15) is 16.1 Å². The molecule has 2 N–H and O–H groups in total. The SMILES string of the molecule is CCn1c(-c2cccnc2[C@H](C)OC)c2c3cc(ccc31)-c1cccc(c1)C[C@H](NC(=O)[C@@H](CO[C@@]1(S)CCN(C(=O)C#CC(C)(C)N(C)C)C1)C(C)C)C(=O)N1CCC[C@@]([SiH3])(N1)C(=O)OCC(C)(C)C2. The summed E-state index contributed by atoms with van der Waals surface area (Å²) in [6, 6.07) is 17.8. The summed E-state index contributed by atoms with van der Waals surface area (Å²) >= 11 is 4.89. The summed E-state index contributed by atoms with van der Waals surface area (Å²) in [7, 11) is 5.90. The molecule has 14 nitrogen and oxygen atoms in total. The van der Waals surface area contributed by atoms with Crippen molar-refractivity contribution in [1.29, 1.82) is 0 Å². The fourth-order valence-electron chi connectivity index (χ4n) is 9.79. The molecule has 3 aliphatic heterocycles. The standard InChI is InChI=1S/C55H75N7O7SSi/c1-12-61-45-20-19-39-30-41(45)42(48(61)40-18-14-25-56-47(40)36(4)67-11)31-52(5,6)34-68-51(66)55(71)22-15-26-62(58-55)50(65)44(29-37-16-13-17-38(39)28-37)57-49(64)43(35(2)3)32-69-54(70)24-27-60(33-54)46(63)21-23-53(7,8)59(9)10/h13-14,16-20,25,28,30,35-36,43-44,58,70H,12,15,22,24,26-27,29,31-34H2,1-11,71H3,(H,57,64)/t36-,43-,44-,54+,55-/m0/s1. The number of aromatic nitrogens is 2. The molecule has 0 aliphatic carbocycles. The Hall–Kier alpha value is -5.02. The number of nitrogens with one attached hydrogen (secondary N) is 2. The average Bonchev–Trinajstić information content (AvgIpc) is 3.88. The molecular weight excluding hydrogens is 931 g/mol. The van der Waals surface area contributed by atoms with Gasteiger partial charge in [0.25, 0.3) is 11.8 Å². The van der Waals surface area contributed by atoms with E-state index in [1.807, 2.05) is 71.8 Å². The van der Waals surface area contributed by atoms with Crippen LogP contribution in [0, 0.1) is 29.1 Å². The number of nitrogens with zero attached hydrogens (tertiary/aromatic N) is 5. The lowest BCUT2D eigenvalue weighted by atomic mass is 9.84. The maximum absolute atomic E-state index is 14.9. The summed E-state index contributed by atoms with van der Waals surface area (Å²) in [5, 5.41) is 4.70. The average molecular weight is 1010 g/mol. The van der Waals surface area contributed by atoms with E-state index in [2.05, 4.69) is 84.3 Å². The number of esters is 1. The van der Waals surface area contributed by atoms with Gasteiger partial charge in [0, 0.05) is 77.9 Å². The van der Waals surface area contributed by atoms with Crippen molar-refractivity contribution in [3.05, 3.63) is 77.6 Å². The molecule has 382 valence electrons. The third kappa shape index (κ3) is 11.9. The Morgan fingerprint density at radius 1 is 1.07 bits per heavy atom. The monoisotopic (exact) mass is 1010 g/mol. The van der Waals surface area contributed by atoms with Gasteiger partial charge >= 0.3 is 5.97 Å². The Labute approximate surface area is 429 Å². The fraction of sp³-hybridized carbons (Fsp3) is 0.545. The van der Waals surface area contributed by atoms with E-state index >= 15 is 0 Å². The minimum absolute atomic E-state index is 0.0258. The second-order valence-electron chi connectivity index (χ2n) is 21.8. The number of ether oxygens (including phenoxy) is 3. The maximum atomic E-state index is 14.9. The first-order chi connectivity index (χ1) is 33.5. The van der Waals surface area contributed by atoms with Crippen LogP contribution in [0.5, 0.6) is 0 Å². The van der Waals surface area contributed by atoms with Gasteiger partial charge in [0.2, 0.25) is 5.91 Å². The third-order valence-corrected chi connectivity index (χ3v) is 16.4. The third-order valence-electron chi connectivity index (χ3n) is 14.8. The Bertz CT molecular complexity index is 2710. The van der Waals surface area contributed by atoms with E-state index in [0.717, 1.165) is 50.1 Å². The van der Waals surface area contributed by atoms with Gasteiger partial charge in [-0.25, -0.2) is 5.43 Å². The van der Waals surface area contributed by atoms with Gasteiger partial charge < -0.3 is 29.0 Å². The summed E-state index contributed by atoms with van der Waals surface area (Å²) in [4.78, 5) is 64.4. The Kier molecular flexibility index (Phi) is 16.4. The fourth-order valence-corrected chi connectivity index (χ4v) is 10.9. The van der Waals surface area contributed by atoms with E-state index in [0.29, 0.717) is 55.6 Å². The molecule has 5 atom stereocenters. The molecule has 2 saturated heterocycles. The number of benzene rings is 2. The van der Waals surface area contributed by atoms with Crippen LogP contribution in [0.2, 0.25) is 0 Å². The second kappa shape index (κ2) is 21.6. The van der Waals surface area contributed by atoms with Crippen LogP contribution in [-0.4, -0.2) is 134 Å². The van der Waals surface area contributed by atoms with Crippen molar-refractivity contribution in [3.63, 3.8) is 0 Å². The van der Waals surface area contributed by atoms with E-state index < -0.39 is 33.0 Å². The highest BCUT2D eigenvalue weighted by Crippen LogP contribution is 2.42. The molecule has 2 aromatic heterocycles. The van der Waals surface area contributed by atoms with Crippen molar-refractivity contribution in [3.8, 4) is 34.2 Å². The molecule has 3 aliphatic rings. The van der Waals surface area contributed by atoms with Crippen molar-refractivity contribution in [2.75, 3.05) is 54.1 Å². The molecule has 6 bridgehead atoms. The predicted molar refractivity (Wildman–Crippen MR) is 285 cm³/mol. The number of amides is 3. The van der Waals surface area contributed by atoms with Crippen molar-refractivity contribution in [2.24, 2.45) is 17.3 Å². The van der Waals surface area contributed by atoms with Crippen molar-refractivity contribution in [1.82, 2.24) is 35.1 Å². The van der Waals surface area contributed by atoms with Crippen LogP contribution in [0.15, 0.2) is 60.8 Å². The Morgan fingerprint density at radius 2 is 1.82 bits per heavy atom. The number of carbonyl (C=O) groups excluding carboxylic acids is 4. The van der Waals surface area contributed by atoms with Crippen LogP contribution in [0.25, 0.3) is 33.3 Å². The lowest BCUT2D eigenvalue weighted by Gasteiger charge is -2.41. The second-order valence-corrected chi connectivity index (χ2v) is 24.3. The van der Waals surface area contributed by atoms with Crippen LogP contribution >= 0.6 is 12.6 Å². The zero-order chi connectivity index (χ0) is 51.6. The number of fused-ring (bicyclic) bond motifs is 6. The van der Waals surface area contributed by atoms with Gasteiger partial charge in [-0.3, -0.25) is 34.1 Å². The van der Waals surface area contributed by atoms with E-state index in [9.17, 15) is 19.2 Å². The van der Waals surface area contributed by atoms with E-state index in [1.54, 1.807) is 18.2 Å². The number of carbonyl (C=O) groups is 4. The number of hydrogen-bond acceptors (Lipinski definition) is 11. The zero-order valence-corrected chi connectivity index (χ0v) is 46.8. The Balaban J connectivity index is 1.23. The van der Waals surface area contributed by atoms with Crippen LogP contribution in [-0.2, 0) is 52.8 Å². The molecule has 3 amide bonds. The predicted octanol–water partition coefficient (Wildman–Crippen LogP) is 5.93. The van der Waals surface area contributed by atoms with E-state index in [4.69, 9.17) is 31.8 Å². The molecule has 71 heavy (non-hydrogen) atoms. The smallest absolute Gasteiger partial charge is 0.323 e. The van der Waals surface area contributed by atoms with Gasteiger partial charge in [-0.1, -0.05) is 63.9 Å². The number of hydrazine groups is 1. The van der Waals surface area contributed by atoms with Gasteiger partial charge in [-0.05, 0) is 119 Å². The molecular formula is C55H75N7O7SSi. The molecule has 7 rings (SSSR count). The highest BCUT2D eigenvalue weighted by molar-refractivity contribution is 7.81. The summed E-state index contributed by atoms with van der Waals surface area (Å²) < 4.78 is 20.9. The van der Waals surface area contributed by atoms with Gasteiger partial charge in [-0.2, -0.15) is 0 Å². The highest BCUT2D eigenvalue weighted by Gasteiger charge is 2.44. The normalized spacial score (nSPS) is 22.8. The number of pyridine rings is 1. The molecule has 0 saturated carbocycles. The molecule has 5 heterocycles. The summed E-state index contributed by atoms with van der Waals surface area (Å²) in [6.07, 6.45) is 3.91. The first-order valence-electron chi connectivity index (χ1n) is 25.1. The number of aryl methyl sites for hydroxylation is 1. The van der Waals surface area contributed by atoms with Crippen LogP contribution in [0.3, 0.4) is 0 Å². The number of methoxy groups -OCH3 is 1. The summed E-state index contributed by atoms with van der Waals surface area (Å²) in [6.45, 7) is 18.1. The van der Waals surface area contributed by atoms with Gasteiger partial charge in [0.15, 0.2) is 0 Å². The molecule has 0 radical (unpaired) electrons. The van der Waals surface area contributed by atoms with Gasteiger partial charge in [-0.15, -0.1) is 12.6 Å². The topological polar surface area (TPSA) is 148 Å². The number of rotatable bonds is 11. The van der Waals surface area contributed by atoms with Gasteiger partial charge in [0.05, 0.1) is 48.7 Å². The lowest BCUT2D eigenvalue weighted by molar-refractivity contribution is -0.158. The highest BCUT2D eigenvalue weighted by atomic mass is 32.1. The summed E-state index contributed by atoms with van der Waals surface area (Å²) in [5.41, 5.74) is 10.3. The summed E-state index contributed by atoms with van der Waals surface area (Å²) in [5.74, 6) is 3.69. The van der Waals surface area contributed by atoms with Crippen LogP contribution < -0.4 is 10.7 Å². The molecule has 16 heteroatoms. The number of hydrogen-bond donors (Lipinski definition) is 3. The first-order valence-corrected chi connectivity index (χ1v) is 26.6. The number of likely N-dealkylation sites (tertiary alicyclic amines) is 1. The number of thiol groups is 1. The minimum Gasteiger partial charge on any atom is -0.464 e. The molecule has 0 spiro atoms. The quantitative estimate of drug-likeness (QED) is 0.0544. The van der Waals surface area contributed by atoms with Crippen molar-refractivity contribution in [2.45, 2.75) is 122 Å². The van der Waals surface area contributed by atoms with Crippen LogP contribution in [0.1, 0.15) is 97.6 Å². The molecule has 0 unspecified atom stereocenters. The van der Waals surface area contributed by atoms with E-state index in [-0.39, 0.29) is 61.9 Å². The zero-order valence-electron chi connectivity index (χ0n) is 43.9. The van der Waals surface area contributed by atoms with Crippen LogP contribution in [0.4, 0.5) is 0 Å². The number of cyclic esters (lactones) is 1. The Morgan fingerprint density at radius 3 is 2.52 bits per heavy atom. The minimum atomic E-state index is -1.07. The first kappa shape index (κ1) is 53.8.